The van der Waals surface area contributed by atoms with Crippen LogP contribution in [0.25, 0.3) is 0 Å². The average Bonchev–Trinajstić information content (AvgIpc) is 2.40. The molecule has 94 valence electrons. The van der Waals surface area contributed by atoms with E-state index in [0.29, 0.717) is 6.42 Å². The lowest BCUT2D eigenvalue weighted by molar-refractivity contribution is -0.119. The molecule has 0 radical (unpaired) electrons. The van der Waals surface area contributed by atoms with Gasteiger partial charge in [0.1, 0.15) is 5.60 Å². The van der Waals surface area contributed by atoms with Crippen LogP contribution in [0.3, 0.4) is 0 Å². The molecule has 0 saturated heterocycles. The van der Waals surface area contributed by atoms with Crippen LogP contribution in [0.4, 0.5) is 0 Å². The topological polar surface area (TPSA) is 26.3 Å². The molecule has 0 N–H and O–H groups in total. The van der Waals surface area contributed by atoms with E-state index >= 15 is 0 Å². The summed E-state index contributed by atoms with van der Waals surface area (Å²) in [5.41, 5.74) is 1.46. The van der Waals surface area contributed by atoms with Crippen molar-refractivity contribution in [2.24, 2.45) is 5.92 Å². The Morgan fingerprint density at radius 2 is 2.06 bits per heavy atom. The molecule has 0 saturated carbocycles. The van der Waals surface area contributed by atoms with E-state index in [4.69, 9.17) is 4.74 Å². The first-order valence-electron chi connectivity index (χ1n) is 6.08. The van der Waals surface area contributed by atoms with E-state index in [9.17, 15) is 4.79 Å². The van der Waals surface area contributed by atoms with Gasteiger partial charge in [0, 0.05) is 19.4 Å². The third-order valence-electron chi connectivity index (χ3n) is 3.60. The first-order valence-corrected chi connectivity index (χ1v) is 6.08. The number of carbonyl (C=O) groups excluding carboxylic acids is 1. The smallest absolute Gasteiger partial charge is 0.156 e. The molecule has 2 unspecified atom stereocenters. The van der Waals surface area contributed by atoms with Crippen molar-refractivity contribution in [1.29, 1.82) is 0 Å². The van der Waals surface area contributed by atoms with E-state index in [-0.39, 0.29) is 11.7 Å². The second-order valence-corrected chi connectivity index (χ2v) is 4.77. The van der Waals surface area contributed by atoms with Crippen molar-refractivity contribution in [3.8, 4) is 0 Å². The normalized spacial score (nSPS) is 27.2. The van der Waals surface area contributed by atoms with Crippen molar-refractivity contribution in [2.75, 3.05) is 7.11 Å². The third-order valence-corrected chi connectivity index (χ3v) is 3.60. The highest BCUT2D eigenvalue weighted by atomic mass is 16.5. The molecule has 0 bridgehead atoms. The molecule has 18 heavy (non-hydrogen) atoms. The Morgan fingerprint density at radius 3 is 2.61 bits per heavy atom. The Bertz CT molecular complexity index is 487. The van der Waals surface area contributed by atoms with Crippen LogP contribution in [0.15, 0.2) is 54.6 Å². The van der Waals surface area contributed by atoms with E-state index < -0.39 is 5.60 Å². The predicted octanol–water partition coefficient (Wildman–Crippen LogP) is 3.25. The Hall–Kier alpha value is -1.67. The van der Waals surface area contributed by atoms with Gasteiger partial charge in [-0.1, -0.05) is 42.5 Å². The molecule has 0 heterocycles. The molecule has 2 heteroatoms. The Balaban J connectivity index is 2.56. The van der Waals surface area contributed by atoms with E-state index in [0.717, 1.165) is 11.1 Å². The minimum absolute atomic E-state index is 0.0117. The second-order valence-electron chi connectivity index (χ2n) is 4.77. The number of rotatable bonds is 3. The van der Waals surface area contributed by atoms with Crippen molar-refractivity contribution < 1.29 is 9.53 Å². The fourth-order valence-electron chi connectivity index (χ4n) is 2.62. The average molecular weight is 242 g/mol. The molecule has 1 aliphatic carbocycles. The molecule has 1 aromatic carbocycles. The van der Waals surface area contributed by atoms with Gasteiger partial charge in [-0.2, -0.15) is 0 Å². The van der Waals surface area contributed by atoms with Crippen molar-refractivity contribution in [3.05, 3.63) is 60.2 Å². The number of ketones is 1. The SMILES string of the molecule is C=C(C)C1CC(=O)C=CC1(OC)c1ccccc1. The highest BCUT2D eigenvalue weighted by molar-refractivity contribution is 5.91. The van der Waals surface area contributed by atoms with E-state index in [1.54, 1.807) is 13.2 Å². The lowest BCUT2D eigenvalue weighted by Crippen LogP contribution is -2.39. The zero-order valence-electron chi connectivity index (χ0n) is 10.8. The van der Waals surface area contributed by atoms with Crippen molar-refractivity contribution in [2.45, 2.75) is 18.9 Å². The van der Waals surface area contributed by atoms with Crippen LogP contribution in [0.5, 0.6) is 0 Å². The fourth-order valence-corrected chi connectivity index (χ4v) is 2.62. The second kappa shape index (κ2) is 4.91. The summed E-state index contributed by atoms with van der Waals surface area (Å²) >= 11 is 0. The van der Waals surface area contributed by atoms with E-state index in [2.05, 4.69) is 6.58 Å². The first kappa shape index (κ1) is 12.8. The summed E-state index contributed by atoms with van der Waals surface area (Å²) in [7, 11) is 1.68. The number of carbonyl (C=O) groups is 1. The maximum absolute atomic E-state index is 11.6. The quantitative estimate of drug-likeness (QED) is 0.760. The molecule has 0 amide bonds. The molecule has 2 rings (SSSR count). The van der Waals surface area contributed by atoms with Crippen molar-refractivity contribution in [3.63, 3.8) is 0 Å². The number of hydrogen-bond acceptors (Lipinski definition) is 2. The van der Waals surface area contributed by atoms with Crippen LogP contribution in [0, 0.1) is 5.92 Å². The van der Waals surface area contributed by atoms with Gasteiger partial charge in [0.05, 0.1) is 0 Å². The summed E-state index contributed by atoms with van der Waals surface area (Å²) in [6, 6.07) is 9.99. The molecule has 2 nitrogen and oxygen atoms in total. The molecule has 0 aliphatic heterocycles. The van der Waals surface area contributed by atoms with Gasteiger partial charge in [0.15, 0.2) is 5.78 Å². The molecule has 0 aromatic heterocycles. The van der Waals surface area contributed by atoms with Gasteiger partial charge < -0.3 is 4.74 Å². The predicted molar refractivity (Wildman–Crippen MR) is 72.2 cm³/mol. The maximum atomic E-state index is 11.6. The molecule has 0 spiro atoms. The van der Waals surface area contributed by atoms with Crippen LogP contribution in [-0.2, 0) is 15.1 Å². The Morgan fingerprint density at radius 1 is 1.39 bits per heavy atom. The number of methoxy groups -OCH3 is 1. The van der Waals surface area contributed by atoms with Gasteiger partial charge >= 0.3 is 0 Å². The third kappa shape index (κ3) is 2.04. The van der Waals surface area contributed by atoms with Gasteiger partial charge in [-0.05, 0) is 24.6 Å². The largest absolute Gasteiger partial charge is 0.369 e. The zero-order chi connectivity index (χ0) is 13.2. The van der Waals surface area contributed by atoms with Gasteiger partial charge in [0.25, 0.3) is 0 Å². The Kier molecular flexibility index (Phi) is 3.48. The standard InChI is InChI=1S/C16H18O2/c1-12(2)15-11-14(17)9-10-16(15,18-3)13-7-5-4-6-8-13/h4-10,15H,1,11H2,2-3H3. The number of ether oxygens (including phenoxy) is 1. The fraction of sp³-hybridized carbons (Fsp3) is 0.312. The van der Waals surface area contributed by atoms with Gasteiger partial charge in [-0.25, -0.2) is 0 Å². The van der Waals surface area contributed by atoms with E-state index in [1.807, 2.05) is 43.3 Å². The molecular formula is C16H18O2. The van der Waals surface area contributed by atoms with Crippen LogP contribution >= 0.6 is 0 Å². The number of benzene rings is 1. The number of hydrogen-bond donors (Lipinski definition) is 0. The summed E-state index contributed by atoms with van der Waals surface area (Å²) in [5, 5.41) is 0. The lowest BCUT2D eigenvalue weighted by atomic mass is 9.72. The van der Waals surface area contributed by atoms with Gasteiger partial charge in [-0.15, -0.1) is 0 Å². The lowest BCUT2D eigenvalue weighted by Gasteiger charge is -2.40. The van der Waals surface area contributed by atoms with Gasteiger partial charge in [0.2, 0.25) is 0 Å². The monoisotopic (exact) mass is 242 g/mol. The van der Waals surface area contributed by atoms with Crippen molar-refractivity contribution >= 4 is 5.78 Å². The summed E-state index contributed by atoms with van der Waals surface area (Å²) in [5.74, 6) is 0.119. The van der Waals surface area contributed by atoms with Crippen LogP contribution < -0.4 is 0 Å². The summed E-state index contributed by atoms with van der Waals surface area (Å²) in [6.07, 6.45) is 3.94. The highest BCUT2D eigenvalue weighted by Crippen LogP contribution is 2.42. The molecule has 1 aliphatic rings. The molecule has 1 aromatic rings. The molecule has 2 atom stereocenters. The van der Waals surface area contributed by atoms with Crippen LogP contribution in [0.2, 0.25) is 0 Å². The van der Waals surface area contributed by atoms with Crippen LogP contribution in [0.1, 0.15) is 18.9 Å². The summed E-state index contributed by atoms with van der Waals surface area (Å²) in [4.78, 5) is 11.6. The summed E-state index contributed by atoms with van der Waals surface area (Å²) < 4.78 is 5.79. The molecular weight excluding hydrogens is 224 g/mol. The van der Waals surface area contributed by atoms with E-state index in [1.165, 1.54) is 0 Å². The number of allylic oxidation sites excluding steroid dienone is 1. The van der Waals surface area contributed by atoms with Crippen LogP contribution in [-0.4, -0.2) is 12.9 Å². The minimum atomic E-state index is -0.568. The highest BCUT2D eigenvalue weighted by Gasteiger charge is 2.42. The first-order chi connectivity index (χ1) is 8.60. The zero-order valence-corrected chi connectivity index (χ0v) is 10.8. The minimum Gasteiger partial charge on any atom is -0.369 e. The maximum Gasteiger partial charge on any atom is 0.156 e. The molecule has 0 fully saturated rings. The Labute approximate surface area is 108 Å². The van der Waals surface area contributed by atoms with Gasteiger partial charge in [-0.3, -0.25) is 4.79 Å². The van der Waals surface area contributed by atoms with Crippen molar-refractivity contribution in [1.82, 2.24) is 0 Å². The summed E-state index contributed by atoms with van der Waals surface area (Å²) in [6.45, 7) is 5.97.